The summed E-state index contributed by atoms with van der Waals surface area (Å²) in [5, 5.41) is 9.91. The van der Waals surface area contributed by atoms with Crippen LogP contribution in [0.4, 0.5) is 0 Å². The first-order valence-electron chi connectivity index (χ1n) is 16.5. The monoisotopic (exact) mass is 577 g/mol. The first-order chi connectivity index (χ1) is 18.6. The Morgan fingerprint density at radius 1 is 0.524 bits per heavy atom. The van der Waals surface area contributed by atoms with Gasteiger partial charge in [-0.25, -0.2) is 0 Å². The van der Waals surface area contributed by atoms with Crippen LogP contribution in [0.1, 0.15) is 154 Å². The van der Waals surface area contributed by atoms with Gasteiger partial charge in [-0.15, -0.1) is 0 Å². The molecular weight excluding hydrogens is 508 g/mol. The lowest BCUT2D eigenvalue weighted by atomic mass is 9.46. The van der Waals surface area contributed by atoms with Gasteiger partial charge in [0.2, 0.25) is 0 Å². The number of benzene rings is 2. The van der Waals surface area contributed by atoms with E-state index in [1.54, 1.807) is 0 Å². The van der Waals surface area contributed by atoms with Gasteiger partial charge >= 0.3 is 0 Å². The van der Waals surface area contributed by atoms with Crippen molar-refractivity contribution in [2.75, 3.05) is 0 Å². The van der Waals surface area contributed by atoms with Gasteiger partial charge in [-0.1, -0.05) is 161 Å². The van der Waals surface area contributed by atoms with E-state index in [2.05, 4.69) is 161 Å². The Hall–Kier alpha value is -1.76. The smallest absolute Gasteiger partial charge is 0.115 e. The number of aromatic hydroxyl groups is 1. The maximum atomic E-state index is 9.91. The van der Waals surface area contributed by atoms with E-state index in [9.17, 15) is 5.11 Å². The van der Waals surface area contributed by atoms with Crippen LogP contribution in [0.15, 0.2) is 48.5 Å². The fourth-order valence-electron chi connectivity index (χ4n) is 8.21. The molecule has 2 rings (SSSR count). The van der Waals surface area contributed by atoms with Crippen LogP contribution in [0.25, 0.3) is 0 Å². The highest BCUT2D eigenvalue weighted by atomic mass is 16.3. The van der Waals surface area contributed by atoms with E-state index in [1.165, 1.54) is 16.7 Å². The fraction of sp³-hybridized carbons (Fsp3) is 0.707. The van der Waals surface area contributed by atoms with Crippen LogP contribution in [0.2, 0.25) is 0 Å². The van der Waals surface area contributed by atoms with Gasteiger partial charge in [-0.3, -0.25) is 0 Å². The number of phenols is 1. The third-order valence-corrected chi connectivity index (χ3v) is 13.6. The molecule has 0 heterocycles. The molecule has 0 spiro atoms. The lowest BCUT2D eigenvalue weighted by molar-refractivity contribution is -0.0545. The van der Waals surface area contributed by atoms with Crippen molar-refractivity contribution in [3.05, 3.63) is 65.2 Å². The molecule has 2 aromatic carbocycles. The molecule has 0 amide bonds. The number of hydrogen-bond donors (Lipinski definition) is 1. The molecule has 1 N–H and O–H groups in total. The molecular formula is C41H68O. The quantitative estimate of drug-likeness (QED) is 0.282. The SMILES string of the molecule is CC(C)CC(C)(C(C)(C)CC(C)(C)c1ccc(O)cc1)C(C)(C)c1ccc(C(C)(C)C(C)(C)C(C)(C)C(C)(C)C)cc1. The highest BCUT2D eigenvalue weighted by molar-refractivity contribution is 5.37. The van der Waals surface area contributed by atoms with Crippen molar-refractivity contribution < 1.29 is 5.11 Å². The fourth-order valence-corrected chi connectivity index (χ4v) is 8.21. The van der Waals surface area contributed by atoms with Crippen molar-refractivity contribution >= 4 is 0 Å². The van der Waals surface area contributed by atoms with Gasteiger partial charge in [-0.05, 0) is 90.9 Å². The predicted octanol–water partition coefficient (Wildman–Crippen LogP) is 12.5. The van der Waals surface area contributed by atoms with Gasteiger partial charge in [0.1, 0.15) is 5.75 Å². The standard InChI is InChI=1S/C41H68O/c1-29(2)27-41(18,36(8,9)28-35(6,7)30-23-25-33(42)26-24-30)38(12,13)32-21-19-31(20-22-32)37(10,11)40(16,17)39(14,15)34(3,4)5/h19-26,29,42H,27-28H2,1-18H3. The van der Waals surface area contributed by atoms with Crippen LogP contribution in [-0.2, 0) is 16.2 Å². The molecule has 0 radical (unpaired) electrons. The molecule has 1 heteroatoms. The summed E-state index contributed by atoms with van der Waals surface area (Å²) >= 11 is 0. The summed E-state index contributed by atoms with van der Waals surface area (Å²) in [5.74, 6) is 0.917. The second kappa shape index (κ2) is 11.3. The highest BCUT2D eigenvalue weighted by Crippen LogP contribution is 2.61. The molecule has 238 valence electrons. The van der Waals surface area contributed by atoms with Gasteiger partial charge in [0, 0.05) is 0 Å². The molecule has 0 bridgehead atoms. The summed E-state index contributed by atoms with van der Waals surface area (Å²) in [6, 6.07) is 17.6. The molecule has 1 unspecified atom stereocenters. The van der Waals surface area contributed by atoms with Gasteiger partial charge in [0.05, 0.1) is 0 Å². The van der Waals surface area contributed by atoms with Crippen molar-refractivity contribution in [1.82, 2.24) is 0 Å². The maximum Gasteiger partial charge on any atom is 0.115 e. The lowest BCUT2D eigenvalue weighted by Crippen LogP contribution is -2.53. The molecule has 42 heavy (non-hydrogen) atoms. The van der Waals surface area contributed by atoms with Crippen molar-refractivity contribution in [3.63, 3.8) is 0 Å². The van der Waals surface area contributed by atoms with E-state index in [0.29, 0.717) is 11.7 Å². The Labute approximate surface area is 262 Å². The number of rotatable bonds is 11. The Bertz CT molecular complexity index is 1180. The van der Waals surface area contributed by atoms with E-state index in [0.717, 1.165) is 12.8 Å². The normalized spacial score (nSPS) is 16.1. The molecule has 0 fully saturated rings. The first-order valence-corrected chi connectivity index (χ1v) is 16.5. The van der Waals surface area contributed by atoms with E-state index < -0.39 is 0 Å². The average Bonchev–Trinajstić information content (AvgIpc) is 2.82. The summed E-state index contributed by atoms with van der Waals surface area (Å²) in [6.45, 7) is 43.9. The molecule has 1 atom stereocenters. The largest absolute Gasteiger partial charge is 0.508 e. The average molecular weight is 577 g/mol. The second-order valence-electron chi connectivity index (χ2n) is 18.7. The topological polar surface area (TPSA) is 20.2 Å². The van der Waals surface area contributed by atoms with Crippen LogP contribution in [0.5, 0.6) is 5.75 Å². The molecule has 0 aliphatic carbocycles. The van der Waals surface area contributed by atoms with Gasteiger partial charge in [0.15, 0.2) is 0 Å². The highest BCUT2D eigenvalue weighted by Gasteiger charge is 2.55. The Balaban J connectivity index is 2.58. The number of phenolic OH excluding ortho intramolecular Hbond substituents is 1. The molecule has 2 aromatic rings. The summed E-state index contributed by atoms with van der Waals surface area (Å²) in [7, 11) is 0. The third-order valence-electron chi connectivity index (χ3n) is 13.6. The van der Waals surface area contributed by atoms with Crippen LogP contribution >= 0.6 is 0 Å². The molecule has 0 saturated carbocycles. The van der Waals surface area contributed by atoms with E-state index >= 15 is 0 Å². The van der Waals surface area contributed by atoms with Crippen molar-refractivity contribution in [2.45, 2.75) is 154 Å². The summed E-state index contributed by atoms with van der Waals surface area (Å²) < 4.78 is 0. The summed E-state index contributed by atoms with van der Waals surface area (Å²) in [4.78, 5) is 0. The van der Waals surface area contributed by atoms with Crippen LogP contribution in [0, 0.1) is 33.0 Å². The molecule has 0 aliphatic rings. The Morgan fingerprint density at radius 3 is 1.29 bits per heavy atom. The van der Waals surface area contributed by atoms with Crippen molar-refractivity contribution in [1.29, 1.82) is 0 Å². The maximum absolute atomic E-state index is 9.91. The minimum absolute atomic E-state index is 0.00109. The molecule has 0 aliphatic heterocycles. The lowest BCUT2D eigenvalue weighted by Gasteiger charge is -2.58. The van der Waals surface area contributed by atoms with Gasteiger partial charge in [0.25, 0.3) is 0 Å². The van der Waals surface area contributed by atoms with Crippen molar-refractivity contribution in [3.8, 4) is 5.75 Å². The van der Waals surface area contributed by atoms with Crippen molar-refractivity contribution in [2.24, 2.45) is 33.0 Å². The van der Waals surface area contributed by atoms with Crippen LogP contribution < -0.4 is 0 Å². The third kappa shape index (κ3) is 6.23. The molecule has 0 aromatic heterocycles. The van der Waals surface area contributed by atoms with Crippen LogP contribution in [-0.4, -0.2) is 5.11 Å². The summed E-state index contributed by atoms with van der Waals surface area (Å²) in [6.07, 6.45) is 2.21. The van der Waals surface area contributed by atoms with E-state index in [1.807, 2.05) is 12.1 Å². The predicted molar refractivity (Wildman–Crippen MR) is 187 cm³/mol. The minimum atomic E-state index is -0.0469. The van der Waals surface area contributed by atoms with Gasteiger partial charge < -0.3 is 5.11 Å². The number of hydrogen-bond acceptors (Lipinski definition) is 1. The zero-order valence-electron chi connectivity index (χ0n) is 31.1. The zero-order valence-corrected chi connectivity index (χ0v) is 31.1. The molecule has 0 saturated heterocycles. The second-order valence-corrected chi connectivity index (χ2v) is 18.7. The Morgan fingerprint density at radius 2 is 0.905 bits per heavy atom. The van der Waals surface area contributed by atoms with Gasteiger partial charge in [-0.2, -0.15) is 0 Å². The Kier molecular flexibility index (Phi) is 9.81. The first kappa shape index (κ1) is 36.4. The van der Waals surface area contributed by atoms with E-state index in [-0.39, 0.29) is 43.3 Å². The molecule has 1 nitrogen and oxygen atoms in total. The zero-order chi connectivity index (χ0) is 33.0. The summed E-state index contributed by atoms with van der Waals surface area (Å²) in [5.41, 5.74) is 4.52. The van der Waals surface area contributed by atoms with Crippen LogP contribution in [0.3, 0.4) is 0 Å². The van der Waals surface area contributed by atoms with E-state index in [4.69, 9.17) is 0 Å². The minimum Gasteiger partial charge on any atom is -0.508 e.